The van der Waals surface area contributed by atoms with Gasteiger partial charge in [0.15, 0.2) is 0 Å². The van der Waals surface area contributed by atoms with Crippen molar-refractivity contribution in [1.82, 2.24) is 79.1 Å². The Hall–Kier alpha value is -11.6. The number of aromatic amines is 2. The highest BCUT2D eigenvalue weighted by Crippen LogP contribution is 2.23. The van der Waals surface area contributed by atoms with Gasteiger partial charge in [-0.1, -0.05) is 102 Å². The molecule has 0 unspecified atom stereocenters. The number of carbonyl (C=O) groups is 15. The summed E-state index contributed by atoms with van der Waals surface area (Å²) in [4.78, 5) is 211. The van der Waals surface area contributed by atoms with Crippen molar-refractivity contribution in [2.24, 2.45) is 40.5 Å². The van der Waals surface area contributed by atoms with Gasteiger partial charge in [-0.3, -0.25) is 71.9 Å². The maximum atomic E-state index is 14.9. The molecule has 0 fully saturated rings. The molecule has 38 heteroatoms. The van der Waals surface area contributed by atoms with Crippen LogP contribution in [0.4, 0.5) is 0 Å². The number of nitrogens with one attached hydrogen (secondary N) is 15. The number of nitrogens with two attached hydrogens (primary N) is 5. The number of phenols is 1. The van der Waals surface area contributed by atoms with Gasteiger partial charge in [0.25, 0.3) is 0 Å². The van der Waals surface area contributed by atoms with Crippen LogP contribution in [-0.4, -0.2) is 227 Å². The Balaban J connectivity index is 1.34. The first kappa shape index (κ1) is 94.0. The molecule has 5 rings (SSSR count). The number of amides is 15. The van der Waals surface area contributed by atoms with Crippen LogP contribution >= 0.6 is 0 Å². The Kier molecular flexibility index (Phi) is 40.1. The van der Waals surface area contributed by atoms with Crippen LogP contribution in [0.3, 0.4) is 0 Å². The van der Waals surface area contributed by atoms with Crippen LogP contribution in [0.15, 0.2) is 85.2 Å². The number of aromatic nitrogens is 2. The molecule has 2 heterocycles. The molecule has 0 saturated carbocycles. The second-order valence-electron chi connectivity index (χ2n) is 28.5. The summed E-state index contributed by atoms with van der Waals surface area (Å²) >= 11 is 0. The fourth-order valence-corrected chi connectivity index (χ4v) is 12.3. The minimum atomic E-state index is -1.82. The van der Waals surface area contributed by atoms with E-state index in [0.717, 1.165) is 19.3 Å². The first-order valence-corrected chi connectivity index (χ1v) is 38.5. The number of phenolic OH excluding ortho intramolecular Hbond substituents is 1. The van der Waals surface area contributed by atoms with Crippen molar-refractivity contribution in [1.29, 1.82) is 0 Å². The van der Waals surface area contributed by atoms with Gasteiger partial charge in [0.1, 0.15) is 66.2 Å². The Labute approximate surface area is 665 Å². The number of carbonyl (C=O) groups excluding carboxylic acids is 15. The Morgan fingerprint density at radius 2 is 0.800 bits per heavy atom. The Morgan fingerprint density at radius 3 is 1.28 bits per heavy atom. The molecule has 28 N–H and O–H groups in total. The maximum Gasteiger partial charge on any atom is 0.245 e. The van der Waals surface area contributed by atoms with E-state index in [1.807, 2.05) is 0 Å². The van der Waals surface area contributed by atoms with E-state index in [9.17, 15) is 87.2 Å². The smallest absolute Gasteiger partial charge is 0.245 e. The summed E-state index contributed by atoms with van der Waals surface area (Å²) in [5.41, 5.74) is 31.0. The van der Waals surface area contributed by atoms with E-state index in [-0.39, 0.29) is 96.0 Å². The van der Waals surface area contributed by atoms with Crippen molar-refractivity contribution in [3.63, 3.8) is 0 Å². The average molecular weight is 1610 g/mol. The van der Waals surface area contributed by atoms with Crippen molar-refractivity contribution in [3.05, 3.63) is 102 Å². The van der Waals surface area contributed by atoms with Crippen molar-refractivity contribution >= 4 is 110 Å². The standard InChI is InChI=1S/C77H114N20O18/c1-5-44(4)67(77(115)95-59(35-62(81)101)69(107)86-39-65(104)85-38-63(82)102)97-76(114)61(42-99)96-74(112)58(34-47-37-84-52-20-12-10-18-50(47)52)93-70(108)54(22-14-30-79)88-66(105)40-87-68(106)53(21-13-29-78)90-71(109)55(23-15-31-80)91-73(111)57(33-46-36-83-51-19-11-9-17-49(46)51)94-72(110)56(32-45-25-27-48(100)28-26-45)92-75(113)60(41-98)89-64(103)24-8-6-7-16-43(2)3/h9-12,17-20,25-28,36-37,43-44,53-61,67,83-84,98-100H,5-8,13-16,21-24,29-35,38-42,78-80H2,1-4H3,(H2,81,101)(H2,82,102)(H,85,104)(H,86,107)(H,87,106)(H,88,105)(H,89,103)(H,90,109)(H,91,111)(H,92,113)(H,93,108)(H,94,110)(H,95,115)(H,96,112)(H,97,114)/t44-,53-,54+,55+,56+,57+,58-,59-,60+,61-,67-/m0/s1. The van der Waals surface area contributed by atoms with Crippen LogP contribution in [0.2, 0.25) is 0 Å². The summed E-state index contributed by atoms with van der Waals surface area (Å²) in [5, 5.41) is 65.0. The van der Waals surface area contributed by atoms with Gasteiger partial charge in [-0.25, -0.2) is 0 Å². The number of para-hydroxylation sites is 2. The van der Waals surface area contributed by atoms with Crippen LogP contribution in [0, 0.1) is 11.8 Å². The molecule has 0 saturated heterocycles. The van der Waals surface area contributed by atoms with E-state index in [0.29, 0.717) is 50.8 Å². The third kappa shape index (κ3) is 32.1. The van der Waals surface area contributed by atoms with Gasteiger partial charge in [-0.2, -0.15) is 0 Å². The van der Waals surface area contributed by atoms with E-state index >= 15 is 0 Å². The van der Waals surface area contributed by atoms with Crippen molar-refractivity contribution in [3.8, 4) is 5.75 Å². The number of primary amides is 2. The average Bonchev–Trinajstić information content (AvgIpc) is 1.70. The number of rotatable bonds is 53. The van der Waals surface area contributed by atoms with Crippen LogP contribution in [-0.2, 0) is 91.2 Å². The molecule has 11 atom stereocenters. The SMILES string of the molecule is CC[C@H](C)[C@H](NC(=O)[C@H](CO)NC(=O)[C@H](Cc1c[nH]c2ccccc12)NC(=O)[C@@H](CCCN)NC(=O)CNC(=O)[C@H](CCCN)NC(=O)[C@@H](CCCN)NC(=O)[C@@H](Cc1c[nH]c2ccccc12)NC(=O)[C@@H](Cc1ccc(O)cc1)NC(=O)[C@@H](CO)NC(=O)CCCCCC(C)C)C(=O)N[C@@H](CC(N)=O)C(=O)NCC(=O)NCC(N)=O. The van der Waals surface area contributed by atoms with Crippen LogP contribution in [0.5, 0.6) is 5.75 Å². The first-order chi connectivity index (χ1) is 54.9. The molecule has 0 bridgehead atoms. The second kappa shape index (κ2) is 49.1. The molecule has 630 valence electrons. The zero-order valence-corrected chi connectivity index (χ0v) is 65.3. The molecule has 0 radical (unpaired) electrons. The zero-order chi connectivity index (χ0) is 84.7. The maximum absolute atomic E-state index is 14.9. The molecule has 38 nitrogen and oxygen atoms in total. The molecule has 0 aliphatic rings. The fourth-order valence-electron chi connectivity index (χ4n) is 12.3. The summed E-state index contributed by atoms with van der Waals surface area (Å²) in [6.07, 6.45) is 5.38. The summed E-state index contributed by atoms with van der Waals surface area (Å²) < 4.78 is 0. The third-order valence-corrected chi connectivity index (χ3v) is 19.0. The van der Waals surface area contributed by atoms with Gasteiger partial charge in [-0.05, 0) is 117 Å². The minimum absolute atomic E-state index is 0.0152. The molecule has 3 aromatic carbocycles. The van der Waals surface area contributed by atoms with Crippen molar-refractivity contribution < 1.29 is 87.2 Å². The molecule has 5 aromatic rings. The van der Waals surface area contributed by atoms with E-state index in [4.69, 9.17) is 28.7 Å². The quantitative estimate of drug-likeness (QED) is 0.0164. The molecule has 0 aliphatic carbocycles. The molecular weight excluding hydrogens is 1490 g/mol. The number of aromatic hydroxyl groups is 1. The van der Waals surface area contributed by atoms with E-state index in [1.165, 1.54) is 24.3 Å². The topological polar surface area (TPSA) is 635 Å². The summed E-state index contributed by atoms with van der Waals surface area (Å²) in [7, 11) is 0. The number of hydrogen-bond acceptors (Lipinski definition) is 21. The van der Waals surface area contributed by atoms with Gasteiger partial charge >= 0.3 is 0 Å². The van der Waals surface area contributed by atoms with E-state index in [2.05, 4.69) is 92.9 Å². The summed E-state index contributed by atoms with van der Waals surface area (Å²) in [5.74, 6) is -14.1. The second-order valence-corrected chi connectivity index (χ2v) is 28.5. The normalized spacial score (nSPS) is 14.1. The van der Waals surface area contributed by atoms with Crippen molar-refractivity contribution in [2.45, 2.75) is 191 Å². The predicted octanol–water partition coefficient (Wildman–Crippen LogP) is -4.21. The highest BCUT2D eigenvalue weighted by Gasteiger charge is 2.38. The van der Waals surface area contributed by atoms with E-state index < -0.39 is 194 Å². The van der Waals surface area contributed by atoms with Gasteiger partial charge in [-0.15, -0.1) is 0 Å². The lowest BCUT2D eigenvalue weighted by atomic mass is 9.97. The van der Waals surface area contributed by atoms with Gasteiger partial charge in [0, 0.05) is 59.9 Å². The van der Waals surface area contributed by atoms with Crippen LogP contribution in [0.25, 0.3) is 21.8 Å². The van der Waals surface area contributed by atoms with Crippen LogP contribution < -0.4 is 97.8 Å². The Bertz CT molecular complexity index is 4100. The zero-order valence-electron chi connectivity index (χ0n) is 65.3. The highest BCUT2D eigenvalue weighted by atomic mass is 16.3. The Morgan fingerprint density at radius 1 is 0.391 bits per heavy atom. The lowest BCUT2D eigenvalue weighted by Crippen LogP contribution is -2.61. The molecule has 15 amide bonds. The summed E-state index contributed by atoms with van der Waals surface area (Å²) in [6, 6.07) is 4.52. The summed E-state index contributed by atoms with van der Waals surface area (Å²) in [6.45, 7) is 3.54. The molecule has 115 heavy (non-hydrogen) atoms. The third-order valence-electron chi connectivity index (χ3n) is 19.0. The number of hydrogen-bond donors (Lipinski definition) is 23. The van der Waals surface area contributed by atoms with Crippen molar-refractivity contribution in [2.75, 3.05) is 52.5 Å². The predicted molar refractivity (Wildman–Crippen MR) is 424 cm³/mol. The monoisotopic (exact) mass is 1610 g/mol. The number of aliphatic hydroxyl groups is 2. The largest absolute Gasteiger partial charge is 0.508 e. The number of H-pyrrole nitrogens is 2. The van der Waals surface area contributed by atoms with Crippen LogP contribution in [0.1, 0.15) is 128 Å². The van der Waals surface area contributed by atoms with E-state index in [1.54, 1.807) is 74.8 Å². The number of aliphatic hydroxyl groups excluding tert-OH is 2. The molecule has 0 spiro atoms. The fraction of sp³-hybridized carbons (Fsp3) is 0.519. The molecular formula is C77H114N20O18. The first-order valence-electron chi connectivity index (χ1n) is 38.5. The number of unbranched alkanes of at least 4 members (excludes halogenated alkanes) is 2. The van der Waals surface area contributed by atoms with Gasteiger partial charge in [0.05, 0.1) is 39.3 Å². The van der Waals surface area contributed by atoms with Gasteiger partial charge in [0.2, 0.25) is 88.6 Å². The lowest BCUT2D eigenvalue weighted by Gasteiger charge is -2.28. The van der Waals surface area contributed by atoms with Gasteiger partial charge < -0.3 is 123 Å². The number of fused-ring (bicyclic) bond motifs is 2. The lowest BCUT2D eigenvalue weighted by molar-refractivity contribution is -0.137. The molecule has 0 aliphatic heterocycles. The minimum Gasteiger partial charge on any atom is -0.508 e. The highest BCUT2D eigenvalue weighted by molar-refractivity contribution is 6.01. The molecule has 2 aromatic heterocycles. The number of benzene rings is 3.